The quantitative estimate of drug-likeness (QED) is 0.783. The van der Waals surface area contributed by atoms with Crippen LogP contribution in [0.2, 0.25) is 0 Å². The Morgan fingerprint density at radius 3 is 2.42 bits per heavy atom. The summed E-state index contributed by atoms with van der Waals surface area (Å²) in [5.74, 6) is 0.159. The van der Waals surface area contributed by atoms with Gasteiger partial charge in [-0.1, -0.05) is 39.0 Å². The fourth-order valence-corrected chi connectivity index (χ4v) is 2.09. The van der Waals surface area contributed by atoms with Gasteiger partial charge in [-0.3, -0.25) is 4.79 Å². The normalized spacial score (nSPS) is 11.6. The number of rotatable bonds is 3. The van der Waals surface area contributed by atoms with Gasteiger partial charge in [0.15, 0.2) is 5.78 Å². The minimum atomic E-state index is -0.00162. The first-order valence-electron chi connectivity index (χ1n) is 6.52. The SMILES string of the molecule is Cc1c(C(=O)CC(C)(C)C)cnn1-c1ccccc1. The number of carbonyl (C=O) groups excluding carboxylic acids is 1. The smallest absolute Gasteiger partial charge is 0.166 e. The third-order valence-electron chi connectivity index (χ3n) is 3.00. The summed E-state index contributed by atoms with van der Waals surface area (Å²) in [5, 5.41) is 4.33. The number of Topliss-reactive ketones (excluding diaryl/α,β-unsaturated/α-hetero) is 1. The fourth-order valence-electron chi connectivity index (χ4n) is 2.09. The summed E-state index contributed by atoms with van der Waals surface area (Å²) in [6.45, 7) is 8.15. The predicted molar refractivity (Wildman–Crippen MR) is 76.7 cm³/mol. The monoisotopic (exact) mass is 256 g/mol. The molecule has 3 nitrogen and oxygen atoms in total. The number of hydrogen-bond donors (Lipinski definition) is 0. The number of hydrogen-bond acceptors (Lipinski definition) is 2. The van der Waals surface area contributed by atoms with Gasteiger partial charge in [0.2, 0.25) is 0 Å². The molecule has 1 heterocycles. The molecule has 0 aliphatic heterocycles. The van der Waals surface area contributed by atoms with Crippen molar-refractivity contribution in [2.45, 2.75) is 34.1 Å². The van der Waals surface area contributed by atoms with Gasteiger partial charge in [0, 0.05) is 6.42 Å². The van der Waals surface area contributed by atoms with Crippen molar-refractivity contribution >= 4 is 5.78 Å². The topological polar surface area (TPSA) is 34.9 Å². The summed E-state index contributed by atoms with van der Waals surface area (Å²) in [4.78, 5) is 12.3. The number of benzene rings is 1. The number of nitrogens with zero attached hydrogens (tertiary/aromatic N) is 2. The standard InChI is InChI=1S/C16H20N2O/c1-12-14(15(19)10-16(2,3)4)11-17-18(12)13-8-6-5-7-9-13/h5-9,11H,10H2,1-4H3. The van der Waals surface area contributed by atoms with E-state index >= 15 is 0 Å². The first-order valence-corrected chi connectivity index (χ1v) is 6.52. The largest absolute Gasteiger partial charge is 0.294 e. The van der Waals surface area contributed by atoms with Crippen molar-refractivity contribution < 1.29 is 4.79 Å². The average Bonchev–Trinajstić information content (AvgIpc) is 2.70. The Kier molecular flexibility index (Phi) is 3.56. The van der Waals surface area contributed by atoms with Gasteiger partial charge in [-0.2, -0.15) is 5.10 Å². The maximum Gasteiger partial charge on any atom is 0.166 e. The summed E-state index contributed by atoms with van der Waals surface area (Å²) in [6, 6.07) is 9.87. The van der Waals surface area contributed by atoms with Crippen molar-refractivity contribution in [3.8, 4) is 5.69 Å². The second-order valence-electron chi connectivity index (χ2n) is 6.05. The molecule has 100 valence electrons. The van der Waals surface area contributed by atoms with Crippen LogP contribution in [0.5, 0.6) is 0 Å². The van der Waals surface area contributed by atoms with Crippen molar-refractivity contribution in [3.05, 3.63) is 47.8 Å². The Morgan fingerprint density at radius 1 is 1.21 bits per heavy atom. The van der Waals surface area contributed by atoms with Crippen LogP contribution >= 0.6 is 0 Å². The molecule has 0 saturated heterocycles. The number of aromatic nitrogens is 2. The van der Waals surface area contributed by atoms with E-state index in [1.54, 1.807) is 6.20 Å². The van der Waals surface area contributed by atoms with Crippen molar-refractivity contribution in [3.63, 3.8) is 0 Å². The Labute approximate surface area is 114 Å². The van der Waals surface area contributed by atoms with E-state index in [1.807, 2.05) is 41.9 Å². The van der Waals surface area contributed by atoms with E-state index in [2.05, 4.69) is 25.9 Å². The third-order valence-corrected chi connectivity index (χ3v) is 3.00. The highest BCUT2D eigenvalue weighted by Gasteiger charge is 2.21. The van der Waals surface area contributed by atoms with Gasteiger partial charge in [-0.05, 0) is 24.5 Å². The van der Waals surface area contributed by atoms with E-state index in [9.17, 15) is 4.79 Å². The van der Waals surface area contributed by atoms with Crippen molar-refractivity contribution in [2.24, 2.45) is 5.41 Å². The minimum Gasteiger partial charge on any atom is -0.294 e. The molecular formula is C16H20N2O. The lowest BCUT2D eigenvalue weighted by molar-refractivity contribution is 0.0939. The lowest BCUT2D eigenvalue weighted by Crippen LogP contribution is -2.13. The zero-order valence-corrected chi connectivity index (χ0v) is 12.0. The number of carbonyl (C=O) groups is 1. The van der Waals surface area contributed by atoms with E-state index in [4.69, 9.17) is 0 Å². The molecule has 0 saturated carbocycles. The molecule has 0 amide bonds. The summed E-state index contributed by atoms with van der Waals surface area (Å²) in [7, 11) is 0. The van der Waals surface area contributed by atoms with E-state index in [1.165, 1.54) is 0 Å². The molecule has 0 bridgehead atoms. The molecule has 0 unspecified atom stereocenters. The highest BCUT2D eigenvalue weighted by Crippen LogP contribution is 2.23. The van der Waals surface area contributed by atoms with Gasteiger partial charge in [-0.25, -0.2) is 4.68 Å². The van der Waals surface area contributed by atoms with Crippen LogP contribution < -0.4 is 0 Å². The molecule has 0 aliphatic rings. The minimum absolute atomic E-state index is 0.00162. The molecule has 0 spiro atoms. The second-order valence-corrected chi connectivity index (χ2v) is 6.05. The van der Waals surface area contributed by atoms with Crippen LogP contribution in [0.4, 0.5) is 0 Å². The van der Waals surface area contributed by atoms with E-state index in [0.29, 0.717) is 6.42 Å². The van der Waals surface area contributed by atoms with Gasteiger partial charge in [0.1, 0.15) is 0 Å². The number of para-hydroxylation sites is 1. The average molecular weight is 256 g/mol. The summed E-state index contributed by atoms with van der Waals surface area (Å²) in [6.07, 6.45) is 2.21. The fraction of sp³-hybridized carbons (Fsp3) is 0.375. The molecule has 2 aromatic rings. The van der Waals surface area contributed by atoms with Gasteiger partial charge in [0.25, 0.3) is 0 Å². The van der Waals surface area contributed by atoms with Gasteiger partial charge in [0.05, 0.1) is 23.1 Å². The first-order chi connectivity index (χ1) is 8.88. The van der Waals surface area contributed by atoms with Crippen LogP contribution in [0.3, 0.4) is 0 Å². The molecule has 3 heteroatoms. The number of ketones is 1. The zero-order chi connectivity index (χ0) is 14.0. The maximum absolute atomic E-state index is 12.3. The summed E-state index contributed by atoms with van der Waals surface area (Å²) >= 11 is 0. The van der Waals surface area contributed by atoms with Crippen LogP contribution in [0, 0.1) is 12.3 Å². The molecule has 0 aliphatic carbocycles. The van der Waals surface area contributed by atoms with E-state index in [0.717, 1.165) is 16.9 Å². The zero-order valence-electron chi connectivity index (χ0n) is 12.0. The van der Waals surface area contributed by atoms with Crippen LogP contribution in [-0.2, 0) is 0 Å². The van der Waals surface area contributed by atoms with Crippen LogP contribution in [0.25, 0.3) is 5.69 Å². The Bertz CT molecular complexity index is 577. The molecule has 19 heavy (non-hydrogen) atoms. The summed E-state index contributed by atoms with van der Waals surface area (Å²) in [5.41, 5.74) is 2.60. The Morgan fingerprint density at radius 2 is 1.84 bits per heavy atom. The van der Waals surface area contributed by atoms with Crippen LogP contribution in [0.15, 0.2) is 36.5 Å². The molecule has 2 rings (SSSR count). The van der Waals surface area contributed by atoms with Crippen LogP contribution in [0.1, 0.15) is 43.2 Å². The van der Waals surface area contributed by atoms with Crippen molar-refractivity contribution in [1.82, 2.24) is 9.78 Å². The Hall–Kier alpha value is -1.90. The van der Waals surface area contributed by atoms with Crippen LogP contribution in [-0.4, -0.2) is 15.6 Å². The van der Waals surface area contributed by atoms with Gasteiger partial charge < -0.3 is 0 Å². The van der Waals surface area contributed by atoms with Gasteiger partial charge >= 0.3 is 0 Å². The molecule has 0 fully saturated rings. The Balaban J connectivity index is 2.31. The molecule has 1 aromatic heterocycles. The maximum atomic E-state index is 12.3. The van der Waals surface area contributed by atoms with E-state index < -0.39 is 0 Å². The summed E-state index contributed by atoms with van der Waals surface area (Å²) < 4.78 is 1.82. The highest BCUT2D eigenvalue weighted by molar-refractivity contribution is 5.97. The lowest BCUT2D eigenvalue weighted by Gasteiger charge is -2.16. The van der Waals surface area contributed by atoms with Crippen molar-refractivity contribution in [1.29, 1.82) is 0 Å². The lowest BCUT2D eigenvalue weighted by atomic mass is 9.88. The molecule has 0 atom stereocenters. The third kappa shape index (κ3) is 3.11. The molecule has 0 radical (unpaired) electrons. The highest BCUT2D eigenvalue weighted by atomic mass is 16.1. The predicted octanol–water partition coefficient (Wildman–Crippen LogP) is 3.80. The van der Waals surface area contributed by atoms with Gasteiger partial charge in [-0.15, -0.1) is 0 Å². The second kappa shape index (κ2) is 5.00. The molecular weight excluding hydrogens is 236 g/mol. The molecule has 0 N–H and O–H groups in total. The molecule has 1 aromatic carbocycles. The van der Waals surface area contributed by atoms with Crippen molar-refractivity contribution in [2.75, 3.05) is 0 Å². The van der Waals surface area contributed by atoms with E-state index in [-0.39, 0.29) is 11.2 Å². The first kappa shape index (κ1) is 13.5.